The fourth-order valence-corrected chi connectivity index (χ4v) is 2.27. The van der Waals surface area contributed by atoms with Gasteiger partial charge in [0.05, 0.1) is 12.2 Å². The van der Waals surface area contributed by atoms with Gasteiger partial charge in [0.2, 0.25) is 0 Å². The topological polar surface area (TPSA) is 21.3 Å². The maximum atomic E-state index is 5.70. The Bertz CT molecular complexity index is 333. The largest absolute Gasteiger partial charge is 0.375 e. The zero-order valence-corrected chi connectivity index (χ0v) is 12.1. The molecule has 0 fully saturated rings. The van der Waals surface area contributed by atoms with Gasteiger partial charge in [0.15, 0.2) is 0 Å². The van der Waals surface area contributed by atoms with Gasteiger partial charge in [-0.15, -0.1) is 11.8 Å². The van der Waals surface area contributed by atoms with Crippen molar-refractivity contribution in [2.45, 2.75) is 37.8 Å². The van der Waals surface area contributed by atoms with Gasteiger partial charge in [-0.3, -0.25) is 0 Å². The lowest BCUT2D eigenvalue weighted by atomic mass is 10.2. The van der Waals surface area contributed by atoms with Crippen LogP contribution in [0.15, 0.2) is 29.2 Å². The van der Waals surface area contributed by atoms with Crippen molar-refractivity contribution in [3.8, 4) is 0 Å². The average molecular weight is 253 g/mol. The molecule has 3 heteroatoms. The maximum absolute atomic E-state index is 5.70. The highest BCUT2D eigenvalue weighted by atomic mass is 32.2. The first kappa shape index (κ1) is 14.6. The van der Waals surface area contributed by atoms with Gasteiger partial charge in [0.25, 0.3) is 0 Å². The number of thioether (sulfide) groups is 1. The van der Waals surface area contributed by atoms with Crippen LogP contribution in [-0.4, -0.2) is 25.0 Å². The number of hydrogen-bond donors (Lipinski definition) is 1. The highest BCUT2D eigenvalue weighted by molar-refractivity contribution is 7.99. The Morgan fingerprint density at radius 2 is 2.06 bits per heavy atom. The number of hydrogen-bond acceptors (Lipinski definition) is 3. The quantitative estimate of drug-likeness (QED) is 0.621. The molecule has 0 saturated heterocycles. The Hall–Kier alpha value is -0.510. The summed E-state index contributed by atoms with van der Waals surface area (Å²) in [7, 11) is 1.97. The van der Waals surface area contributed by atoms with Crippen LogP contribution in [0.25, 0.3) is 0 Å². The third kappa shape index (κ3) is 6.71. The summed E-state index contributed by atoms with van der Waals surface area (Å²) in [6, 6.07) is 8.64. The molecule has 0 spiro atoms. The molecule has 2 nitrogen and oxygen atoms in total. The van der Waals surface area contributed by atoms with Crippen molar-refractivity contribution in [3.05, 3.63) is 29.8 Å². The molecule has 1 aromatic rings. The third-order valence-corrected chi connectivity index (χ3v) is 3.12. The molecule has 0 radical (unpaired) electrons. The molecule has 17 heavy (non-hydrogen) atoms. The van der Waals surface area contributed by atoms with Gasteiger partial charge in [0.1, 0.15) is 0 Å². The Kier molecular flexibility index (Phi) is 6.03. The molecule has 0 aliphatic rings. The zero-order chi connectivity index (χ0) is 12.7. The van der Waals surface area contributed by atoms with E-state index < -0.39 is 0 Å². The highest BCUT2D eigenvalue weighted by Gasteiger charge is 2.09. The molecule has 0 aliphatic carbocycles. The highest BCUT2D eigenvalue weighted by Crippen LogP contribution is 2.19. The summed E-state index contributed by atoms with van der Waals surface area (Å²) in [5.41, 5.74) is 1.29. The molecule has 0 heterocycles. The first-order valence-electron chi connectivity index (χ1n) is 6.01. The minimum atomic E-state index is -0.0332. The molecule has 1 N–H and O–H groups in total. The minimum absolute atomic E-state index is 0.0332. The molecular formula is C14H23NOS. The van der Waals surface area contributed by atoms with Crippen molar-refractivity contribution in [2.75, 3.05) is 19.4 Å². The standard InChI is InChI=1S/C14H23NOS/c1-14(2,3)16-8-9-17-13-7-5-6-12(10-13)11-15-4/h5-7,10,15H,8-9,11H2,1-4H3. The van der Waals surface area contributed by atoms with Gasteiger partial charge in [0, 0.05) is 17.2 Å². The first-order valence-corrected chi connectivity index (χ1v) is 7.00. The summed E-state index contributed by atoms with van der Waals surface area (Å²) in [6.07, 6.45) is 0. The van der Waals surface area contributed by atoms with Crippen molar-refractivity contribution >= 4 is 11.8 Å². The molecular weight excluding hydrogens is 230 g/mol. The van der Waals surface area contributed by atoms with E-state index in [0.29, 0.717) is 0 Å². The molecule has 96 valence electrons. The van der Waals surface area contributed by atoms with Gasteiger partial charge >= 0.3 is 0 Å². The van der Waals surface area contributed by atoms with Crippen molar-refractivity contribution in [1.82, 2.24) is 5.32 Å². The lowest BCUT2D eigenvalue weighted by molar-refractivity contribution is 0.00695. The smallest absolute Gasteiger partial charge is 0.0598 e. The monoisotopic (exact) mass is 253 g/mol. The van der Waals surface area contributed by atoms with E-state index >= 15 is 0 Å². The SMILES string of the molecule is CNCc1cccc(SCCOC(C)(C)C)c1. The van der Waals surface area contributed by atoms with Crippen LogP contribution in [0.1, 0.15) is 26.3 Å². The molecule has 0 atom stereocenters. The molecule has 0 unspecified atom stereocenters. The second-order valence-electron chi connectivity index (χ2n) is 4.99. The summed E-state index contributed by atoms with van der Waals surface area (Å²) in [6.45, 7) is 7.99. The first-order chi connectivity index (χ1) is 8.01. The Balaban J connectivity index is 2.34. The van der Waals surface area contributed by atoms with Crippen molar-refractivity contribution < 1.29 is 4.74 Å². The molecule has 0 aromatic heterocycles. The Labute approximate surface area is 109 Å². The molecule has 0 aliphatic heterocycles. The lowest BCUT2D eigenvalue weighted by Gasteiger charge is -2.19. The average Bonchev–Trinajstić information content (AvgIpc) is 2.24. The lowest BCUT2D eigenvalue weighted by Crippen LogP contribution is -2.20. The van der Waals surface area contributed by atoms with Crippen LogP contribution in [0, 0.1) is 0 Å². The molecule has 0 amide bonds. The molecule has 0 bridgehead atoms. The van der Waals surface area contributed by atoms with Gasteiger partial charge in [-0.2, -0.15) is 0 Å². The van der Waals surface area contributed by atoms with Crippen LogP contribution >= 0.6 is 11.8 Å². The van der Waals surface area contributed by atoms with Crippen LogP contribution in [0.3, 0.4) is 0 Å². The van der Waals surface area contributed by atoms with Crippen molar-refractivity contribution in [1.29, 1.82) is 0 Å². The fourth-order valence-electron chi connectivity index (χ4n) is 1.46. The number of benzene rings is 1. The van der Waals surface area contributed by atoms with Gasteiger partial charge in [-0.05, 0) is 45.5 Å². The summed E-state index contributed by atoms with van der Waals surface area (Å²) in [5.74, 6) is 1.00. The minimum Gasteiger partial charge on any atom is -0.375 e. The van der Waals surface area contributed by atoms with Gasteiger partial charge < -0.3 is 10.1 Å². The number of rotatable bonds is 6. The van der Waals surface area contributed by atoms with E-state index in [1.54, 1.807) is 0 Å². The van der Waals surface area contributed by atoms with E-state index in [0.717, 1.165) is 18.9 Å². The van der Waals surface area contributed by atoms with E-state index in [1.807, 2.05) is 18.8 Å². The maximum Gasteiger partial charge on any atom is 0.0598 e. The number of nitrogens with one attached hydrogen (secondary N) is 1. The van der Waals surface area contributed by atoms with E-state index in [9.17, 15) is 0 Å². The van der Waals surface area contributed by atoms with Crippen LogP contribution in [0.2, 0.25) is 0 Å². The van der Waals surface area contributed by atoms with Crippen molar-refractivity contribution in [2.24, 2.45) is 0 Å². The predicted molar refractivity (Wildman–Crippen MR) is 75.6 cm³/mol. The summed E-state index contributed by atoms with van der Waals surface area (Å²) >= 11 is 1.85. The predicted octanol–water partition coefficient (Wildman–Crippen LogP) is 3.31. The second-order valence-corrected chi connectivity index (χ2v) is 6.16. The Morgan fingerprint density at radius 3 is 2.71 bits per heavy atom. The summed E-state index contributed by atoms with van der Waals surface area (Å²) < 4.78 is 5.70. The number of ether oxygens (including phenoxy) is 1. The van der Waals surface area contributed by atoms with Gasteiger partial charge in [-0.25, -0.2) is 0 Å². The van der Waals surface area contributed by atoms with E-state index in [1.165, 1.54) is 10.5 Å². The summed E-state index contributed by atoms with van der Waals surface area (Å²) in [5, 5.41) is 3.16. The van der Waals surface area contributed by atoms with Crippen LogP contribution in [-0.2, 0) is 11.3 Å². The summed E-state index contributed by atoms with van der Waals surface area (Å²) in [4.78, 5) is 1.32. The second kappa shape index (κ2) is 7.04. The Morgan fingerprint density at radius 1 is 1.29 bits per heavy atom. The zero-order valence-electron chi connectivity index (χ0n) is 11.2. The van der Waals surface area contributed by atoms with Gasteiger partial charge in [-0.1, -0.05) is 12.1 Å². The van der Waals surface area contributed by atoms with Crippen LogP contribution in [0.4, 0.5) is 0 Å². The fraction of sp³-hybridized carbons (Fsp3) is 0.571. The van der Waals surface area contributed by atoms with Crippen molar-refractivity contribution in [3.63, 3.8) is 0 Å². The van der Waals surface area contributed by atoms with E-state index in [4.69, 9.17) is 4.74 Å². The molecule has 1 rings (SSSR count). The normalized spacial score (nSPS) is 11.8. The van der Waals surface area contributed by atoms with E-state index in [-0.39, 0.29) is 5.60 Å². The van der Waals surface area contributed by atoms with Crippen LogP contribution in [0.5, 0.6) is 0 Å². The van der Waals surface area contributed by atoms with E-state index in [2.05, 4.69) is 50.4 Å². The molecule has 1 aromatic carbocycles. The molecule has 0 saturated carbocycles. The van der Waals surface area contributed by atoms with Crippen LogP contribution < -0.4 is 5.32 Å². The third-order valence-electron chi connectivity index (χ3n) is 2.17.